The molecule has 17 heavy (non-hydrogen) atoms. The summed E-state index contributed by atoms with van der Waals surface area (Å²) in [5.41, 5.74) is 0. The summed E-state index contributed by atoms with van der Waals surface area (Å²) in [5, 5.41) is 2.22. The number of carbonyl (C=O) groups excluding carboxylic acids is 3. The molecule has 0 bridgehead atoms. The van der Waals surface area contributed by atoms with Crippen molar-refractivity contribution in [3.8, 4) is 0 Å². The number of nitrogens with zero attached hydrogens (tertiary/aromatic N) is 1. The van der Waals surface area contributed by atoms with Gasteiger partial charge in [0.1, 0.15) is 12.6 Å². The van der Waals surface area contributed by atoms with Gasteiger partial charge in [0.25, 0.3) is 0 Å². The van der Waals surface area contributed by atoms with E-state index in [-0.39, 0.29) is 18.4 Å². The third-order valence-electron chi connectivity index (χ3n) is 3.28. The minimum Gasteiger partial charge on any atom is -0.381 e. The van der Waals surface area contributed by atoms with Gasteiger partial charge in [0, 0.05) is 19.1 Å². The third-order valence-corrected chi connectivity index (χ3v) is 3.28. The van der Waals surface area contributed by atoms with Crippen molar-refractivity contribution >= 4 is 17.7 Å². The Morgan fingerprint density at radius 3 is 2.65 bits per heavy atom. The van der Waals surface area contributed by atoms with E-state index in [1.807, 2.05) is 0 Å². The van der Waals surface area contributed by atoms with Gasteiger partial charge in [0.2, 0.25) is 17.7 Å². The second-order valence-electron chi connectivity index (χ2n) is 4.44. The molecule has 2 fully saturated rings. The van der Waals surface area contributed by atoms with E-state index < -0.39 is 17.9 Å². The van der Waals surface area contributed by atoms with Crippen LogP contribution in [0.2, 0.25) is 0 Å². The van der Waals surface area contributed by atoms with Crippen molar-refractivity contribution in [1.29, 1.82) is 0 Å². The summed E-state index contributed by atoms with van der Waals surface area (Å²) in [6.07, 6.45) is 1.33. The molecule has 0 spiro atoms. The van der Waals surface area contributed by atoms with E-state index in [1.165, 1.54) is 4.90 Å². The lowest BCUT2D eigenvalue weighted by molar-refractivity contribution is -0.153. The predicted molar refractivity (Wildman–Crippen MR) is 57.9 cm³/mol. The summed E-state index contributed by atoms with van der Waals surface area (Å²) in [6, 6.07) is -0.567. The zero-order valence-electron chi connectivity index (χ0n) is 9.77. The highest BCUT2D eigenvalue weighted by Gasteiger charge is 2.36. The molecule has 0 aliphatic carbocycles. The van der Waals surface area contributed by atoms with Crippen LogP contribution in [0.3, 0.4) is 0 Å². The van der Waals surface area contributed by atoms with Crippen molar-refractivity contribution in [3.63, 3.8) is 0 Å². The molecule has 2 rings (SSSR count). The number of carbonyl (C=O) groups is 3. The van der Waals surface area contributed by atoms with Crippen molar-refractivity contribution in [2.75, 3.05) is 19.8 Å². The number of hydrogen-bond acceptors (Lipinski definition) is 4. The minimum absolute atomic E-state index is 0.0247. The van der Waals surface area contributed by atoms with Crippen LogP contribution in [-0.4, -0.2) is 48.4 Å². The smallest absolute Gasteiger partial charge is 0.249 e. The monoisotopic (exact) mass is 240 g/mol. The fourth-order valence-electron chi connectivity index (χ4n) is 2.16. The highest BCUT2D eigenvalue weighted by molar-refractivity contribution is 6.04. The molecule has 6 heteroatoms. The van der Waals surface area contributed by atoms with Crippen molar-refractivity contribution in [2.45, 2.75) is 25.8 Å². The standard InChI is InChI=1S/C11H16N2O4/c1-7-10(15)12-9(14)6-13(7)11(16)8-2-4-17-5-3-8/h7-8H,2-6H2,1H3,(H,12,14,15). The average molecular weight is 240 g/mol. The largest absolute Gasteiger partial charge is 0.381 e. The fraction of sp³-hybridized carbons (Fsp3) is 0.727. The van der Waals surface area contributed by atoms with Gasteiger partial charge >= 0.3 is 0 Å². The molecule has 1 N–H and O–H groups in total. The van der Waals surface area contributed by atoms with Gasteiger partial charge in [-0.15, -0.1) is 0 Å². The number of amides is 3. The molecule has 0 radical (unpaired) electrons. The summed E-state index contributed by atoms with van der Waals surface area (Å²) < 4.78 is 5.19. The van der Waals surface area contributed by atoms with Crippen LogP contribution in [-0.2, 0) is 19.1 Å². The Balaban J connectivity index is 2.06. The second-order valence-corrected chi connectivity index (χ2v) is 4.44. The molecule has 1 unspecified atom stereocenters. The highest BCUT2D eigenvalue weighted by atomic mass is 16.5. The molecule has 0 saturated carbocycles. The van der Waals surface area contributed by atoms with Gasteiger partial charge in [-0.1, -0.05) is 0 Å². The molecule has 2 saturated heterocycles. The van der Waals surface area contributed by atoms with E-state index in [9.17, 15) is 14.4 Å². The average Bonchev–Trinajstić information content (AvgIpc) is 2.34. The molecular formula is C11H16N2O4. The third kappa shape index (κ3) is 2.46. The van der Waals surface area contributed by atoms with E-state index in [0.717, 1.165) is 0 Å². The highest BCUT2D eigenvalue weighted by Crippen LogP contribution is 2.19. The van der Waals surface area contributed by atoms with Crippen molar-refractivity contribution in [1.82, 2.24) is 10.2 Å². The van der Waals surface area contributed by atoms with Gasteiger partial charge in [0.05, 0.1) is 0 Å². The predicted octanol–water partition coefficient (Wildman–Crippen LogP) is -0.713. The van der Waals surface area contributed by atoms with Gasteiger partial charge in [-0.05, 0) is 19.8 Å². The van der Waals surface area contributed by atoms with Crippen LogP contribution in [0.1, 0.15) is 19.8 Å². The number of nitrogens with one attached hydrogen (secondary N) is 1. The van der Waals surface area contributed by atoms with Gasteiger partial charge in [-0.3, -0.25) is 19.7 Å². The minimum atomic E-state index is -0.567. The molecular weight excluding hydrogens is 224 g/mol. The Labute approximate surface area is 99.3 Å². The number of hydrogen-bond donors (Lipinski definition) is 1. The topological polar surface area (TPSA) is 75.7 Å². The van der Waals surface area contributed by atoms with Crippen LogP contribution in [0.5, 0.6) is 0 Å². The second kappa shape index (κ2) is 4.83. The van der Waals surface area contributed by atoms with E-state index in [0.29, 0.717) is 26.1 Å². The number of imide groups is 1. The Kier molecular flexibility index (Phi) is 3.42. The fourth-order valence-corrected chi connectivity index (χ4v) is 2.16. The van der Waals surface area contributed by atoms with E-state index in [4.69, 9.17) is 4.74 Å². The zero-order chi connectivity index (χ0) is 12.4. The Morgan fingerprint density at radius 2 is 2.00 bits per heavy atom. The Morgan fingerprint density at radius 1 is 1.35 bits per heavy atom. The Bertz CT molecular complexity index is 349. The van der Waals surface area contributed by atoms with Gasteiger partial charge < -0.3 is 9.64 Å². The van der Waals surface area contributed by atoms with Gasteiger partial charge in [-0.25, -0.2) is 0 Å². The van der Waals surface area contributed by atoms with Gasteiger partial charge in [0.15, 0.2) is 0 Å². The summed E-state index contributed by atoms with van der Waals surface area (Å²) in [4.78, 5) is 36.3. The lowest BCUT2D eigenvalue weighted by atomic mass is 9.97. The zero-order valence-corrected chi connectivity index (χ0v) is 9.77. The molecule has 2 heterocycles. The van der Waals surface area contributed by atoms with Crippen LogP contribution in [0.4, 0.5) is 0 Å². The normalized spacial score (nSPS) is 26.9. The SMILES string of the molecule is CC1C(=O)NC(=O)CN1C(=O)C1CCOCC1. The first kappa shape index (κ1) is 12.0. The first-order valence-electron chi connectivity index (χ1n) is 5.81. The summed E-state index contributed by atoms with van der Waals surface area (Å²) in [7, 11) is 0. The number of piperazine rings is 1. The lowest BCUT2D eigenvalue weighted by Gasteiger charge is -2.35. The molecule has 3 amide bonds. The molecule has 0 aromatic carbocycles. The van der Waals surface area contributed by atoms with Crippen LogP contribution in [0.25, 0.3) is 0 Å². The lowest BCUT2D eigenvalue weighted by Crippen LogP contribution is -2.59. The van der Waals surface area contributed by atoms with Crippen molar-refractivity contribution < 1.29 is 19.1 Å². The van der Waals surface area contributed by atoms with Crippen molar-refractivity contribution in [3.05, 3.63) is 0 Å². The van der Waals surface area contributed by atoms with E-state index in [2.05, 4.69) is 5.32 Å². The molecule has 0 aromatic rings. The van der Waals surface area contributed by atoms with E-state index >= 15 is 0 Å². The number of rotatable bonds is 1. The molecule has 2 aliphatic heterocycles. The quantitative estimate of drug-likeness (QED) is 0.614. The molecule has 94 valence electrons. The maximum Gasteiger partial charge on any atom is 0.249 e. The summed E-state index contributed by atoms with van der Waals surface area (Å²) >= 11 is 0. The maximum atomic E-state index is 12.2. The Hall–Kier alpha value is -1.43. The summed E-state index contributed by atoms with van der Waals surface area (Å²) in [6.45, 7) is 2.75. The van der Waals surface area contributed by atoms with E-state index in [1.54, 1.807) is 6.92 Å². The van der Waals surface area contributed by atoms with Crippen LogP contribution < -0.4 is 5.32 Å². The molecule has 6 nitrogen and oxygen atoms in total. The van der Waals surface area contributed by atoms with Gasteiger partial charge in [-0.2, -0.15) is 0 Å². The van der Waals surface area contributed by atoms with Crippen LogP contribution in [0.15, 0.2) is 0 Å². The first-order chi connectivity index (χ1) is 8.09. The molecule has 1 atom stereocenters. The molecule has 0 aromatic heterocycles. The first-order valence-corrected chi connectivity index (χ1v) is 5.81. The summed E-state index contributed by atoms with van der Waals surface area (Å²) in [5.74, 6) is -1.04. The van der Waals surface area contributed by atoms with Crippen LogP contribution >= 0.6 is 0 Å². The maximum absolute atomic E-state index is 12.2. The van der Waals surface area contributed by atoms with Crippen LogP contribution in [0, 0.1) is 5.92 Å². The van der Waals surface area contributed by atoms with Crippen molar-refractivity contribution in [2.24, 2.45) is 5.92 Å². The number of ether oxygens (including phenoxy) is 1. The molecule has 2 aliphatic rings.